The van der Waals surface area contributed by atoms with Gasteiger partial charge in [-0.1, -0.05) is 31.0 Å². The summed E-state index contributed by atoms with van der Waals surface area (Å²) in [5.74, 6) is 0. The van der Waals surface area contributed by atoms with Crippen molar-refractivity contribution in [2.75, 3.05) is 5.32 Å². The topological polar surface area (TPSA) is 15.3 Å². The van der Waals surface area contributed by atoms with Crippen molar-refractivity contribution in [2.24, 2.45) is 0 Å². The van der Waals surface area contributed by atoms with Gasteiger partial charge >= 0.3 is 6.18 Å². The lowest BCUT2D eigenvalue weighted by molar-refractivity contribution is -0.136. The van der Waals surface area contributed by atoms with Crippen LogP contribution in [0.1, 0.15) is 36.1 Å². The molecule has 0 saturated heterocycles. The zero-order valence-corrected chi connectivity index (χ0v) is 15.2. The van der Waals surface area contributed by atoms with Crippen molar-refractivity contribution >= 4 is 34.4 Å². The van der Waals surface area contributed by atoms with Crippen LogP contribution in [0.15, 0.2) is 41.8 Å². The zero-order chi connectivity index (χ0) is 17.9. The van der Waals surface area contributed by atoms with E-state index in [9.17, 15) is 13.2 Å². The number of alkyl halides is 3. The highest BCUT2D eigenvalue weighted by molar-refractivity contribution is 7.80. The Hall–Kier alpha value is -1.60. The number of anilines is 1. The average Bonchev–Trinajstić information content (AvgIpc) is 3.25. The number of thiophene rings is 1. The Morgan fingerprint density at radius 2 is 1.88 bits per heavy atom. The number of thiocarbonyl (C=S) groups is 1. The number of halogens is 3. The summed E-state index contributed by atoms with van der Waals surface area (Å²) in [6.07, 6.45) is -0.103. The molecule has 3 rings (SSSR count). The second-order valence-electron chi connectivity index (χ2n) is 6.12. The van der Waals surface area contributed by atoms with E-state index >= 15 is 0 Å². The van der Waals surface area contributed by atoms with Crippen LogP contribution in [-0.4, -0.2) is 16.1 Å². The summed E-state index contributed by atoms with van der Waals surface area (Å²) in [5, 5.41) is 5.20. The summed E-state index contributed by atoms with van der Waals surface area (Å²) in [4.78, 5) is 3.20. The molecule has 0 atom stereocenters. The van der Waals surface area contributed by atoms with Crippen molar-refractivity contribution in [3.63, 3.8) is 0 Å². The highest BCUT2D eigenvalue weighted by Crippen LogP contribution is 2.35. The molecule has 0 aliphatic heterocycles. The first-order chi connectivity index (χ1) is 11.9. The minimum absolute atomic E-state index is 0.00850. The molecule has 1 aliphatic carbocycles. The number of nitrogens with zero attached hydrogens (tertiary/aromatic N) is 1. The Labute approximate surface area is 154 Å². The van der Waals surface area contributed by atoms with Gasteiger partial charge in [-0.05, 0) is 48.6 Å². The van der Waals surface area contributed by atoms with Crippen LogP contribution in [0.25, 0.3) is 0 Å². The normalized spacial score (nSPS) is 15.3. The van der Waals surface area contributed by atoms with Crippen molar-refractivity contribution in [3.8, 4) is 0 Å². The minimum atomic E-state index is -4.41. The second-order valence-corrected chi connectivity index (χ2v) is 7.54. The maximum absolute atomic E-state index is 13.2. The summed E-state index contributed by atoms with van der Waals surface area (Å²) < 4.78 is 39.6. The first kappa shape index (κ1) is 18.2. The van der Waals surface area contributed by atoms with Gasteiger partial charge in [-0.25, -0.2) is 0 Å². The summed E-state index contributed by atoms with van der Waals surface area (Å²) in [6.45, 7) is 0.627. The first-order valence-corrected chi connectivity index (χ1v) is 9.50. The first-order valence-electron chi connectivity index (χ1n) is 8.21. The second kappa shape index (κ2) is 7.74. The molecule has 0 radical (unpaired) electrons. The van der Waals surface area contributed by atoms with Gasteiger partial charge in [0.25, 0.3) is 0 Å². The van der Waals surface area contributed by atoms with Crippen LogP contribution < -0.4 is 5.32 Å². The molecule has 0 unspecified atom stereocenters. The predicted molar refractivity (Wildman–Crippen MR) is 99.8 cm³/mol. The van der Waals surface area contributed by atoms with Crippen LogP contribution in [-0.2, 0) is 12.7 Å². The quantitative estimate of drug-likeness (QED) is 0.660. The van der Waals surface area contributed by atoms with Gasteiger partial charge in [0.1, 0.15) is 0 Å². The number of nitrogens with one attached hydrogen (secondary N) is 1. The van der Waals surface area contributed by atoms with Gasteiger partial charge in [0, 0.05) is 10.9 Å². The van der Waals surface area contributed by atoms with E-state index < -0.39 is 11.7 Å². The molecule has 1 N–H and O–H groups in total. The lowest BCUT2D eigenvalue weighted by atomic mass is 10.1. The van der Waals surface area contributed by atoms with E-state index in [0.29, 0.717) is 11.7 Å². The lowest BCUT2D eigenvalue weighted by Crippen LogP contribution is -2.41. The molecule has 1 saturated carbocycles. The highest BCUT2D eigenvalue weighted by Gasteiger charge is 2.34. The number of para-hydroxylation sites is 1. The summed E-state index contributed by atoms with van der Waals surface area (Å²) in [5.41, 5.74) is -0.686. The Kier molecular flexibility index (Phi) is 5.64. The fraction of sp³-hybridized carbons (Fsp3) is 0.389. The monoisotopic (exact) mass is 384 g/mol. The van der Waals surface area contributed by atoms with E-state index in [1.807, 2.05) is 22.4 Å². The van der Waals surface area contributed by atoms with Gasteiger partial charge in [0.05, 0.1) is 17.8 Å². The molecular formula is C18H19F3N2S2. The predicted octanol–water partition coefficient (Wildman–Crippen LogP) is 5.91. The molecule has 134 valence electrons. The molecule has 0 bridgehead atoms. The van der Waals surface area contributed by atoms with Crippen LogP contribution in [0.4, 0.5) is 18.9 Å². The number of benzene rings is 1. The zero-order valence-electron chi connectivity index (χ0n) is 13.6. The van der Waals surface area contributed by atoms with Crippen LogP contribution in [0.2, 0.25) is 0 Å². The molecule has 7 heteroatoms. The van der Waals surface area contributed by atoms with Gasteiger partial charge < -0.3 is 10.2 Å². The highest BCUT2D eigenvalue weighted by atomic mass is 32.1. The van der Waals surface area contributed by atoms with E-state index in [0.717, 1.165) is 36.6 Å². The van der Waals surface area contributed by atoms with E-state index in [1.165, 1.54) is 12.1 Å². The molecule has 25 heavy (non-hydrogen) atoms. The Balaban J connectivity index is 1.81. The molecule has 2 nitrogen and oxygen atoms in total. The van der Waals surface area contributed by atoms with E-state index in [1.54, 1.807) is 17.4 Å². The third-order valence-corrected chi connectivity index (χ3v) is 5.60. The van der Waals surface area contributed by atoms with E-state index in [2.05, 4.69) is 5.32 Å². The number of hydrogen-bond donors (Lipinski definition) is 1. The lowest BCUT2D eigenvalue weighted by Gasteiger charge is -2.32. The van der Waals surface area contributed by atoms with Crippen LogP contribution in [0.3, 0.4) is 0 Å². The maximum atomic E-state index is 13.2. The molecular weight excluding hydrogens is 365 g/mol. The molecule has 2 aromatic rings. The van der Waals surface area contributed by atoms with Gasteiger partial charge in [0.15, 0.2) is 5.11 Å². The van der Waals surface area contributed by atoms with Crippen molar-refractivity contribution < 1.29 is 13.2 Å². The summed E-state index contributed by atoms with van der Waals surface area (Å²) in [6, 6.07) is 9.75. The van der Waals surface area contributed by atoms with Crippen molar-refractivity contribution in [1.82, 2.24) is 4.90 Å². The molecule has 1 aromatic heterocycles. The number of hydrogen-bond acceptors (Lipinski definition) is 2. The van der Waals surface area contributed by atoms with Crippen LogP contribution in [0, 0.1) is 0 Å². The maximum Gasteiger partial charge on any atom is 0.418 e. The third-order valence-electron chi connectivity index (χ3n) is 4.41. The largest absolute Gasteiger partial charge is 0.418 e. The standard InChI is InChI=1S/C18H19F3N2S2/c19-18(20,21)15-9-3-4-10-16(15)22-17(24)23(13-6-1-2-7-13)12-14-8-5-11-25-14/h3-5,8-11,13H,1-2,6-7,12H2,(H,22,24). The molecule has 1 aliphatic rings. The SMILES string of the molecule is FC(F)(F)c1ccccc1NC(=S)N(Cc1cccs1)C1CCCC1. The fourth-order valence-electron chi connectivity index (χ4n) is 3.18. The van der Waals surface area contributed by atoms with Gasteiger partial charge in [-0.3, -0.25) is 0 Å². The van der Waals surface area contributed by atoms with Crippen LogP contribution >= 0.6 is 23.6 Å². The van der Waals surface area contributed by atoms with Crippen molar-refractivity contribution in [1.29, 1.82) is 0 Å². The Bertz CT molecular complexity index is 707. The summed E-state index contributed by atoms with van der Waals surface area (Å²) >= 11 is 7.13. The van der Waals surface area contributed by atoms with Crippen LogP contribution in [0.5, 0.6) is 0 Å². The molecule has 0 spiro atoms. The van der Waals surface area contributed by atoms with Gasteiger partial charge in [-0.2, -0.15) is 13.2 Å². The Morgan fingerprint density at radius 1 is 1.16 bits per heavy atom. The average molecular weight is 384 g/mol. The molecule has 0 amide bonds. The van der Waals surface area contributed by atoms with E-state index in [-0.39, 0.29) is 11.7 Å². The smallest absolute Gasteiger partial charge is 0.341 e. The number of rotatable bonds is 4. The molecule has 1 fully saturated rings. The summed E-state index contributed by atoms with van der Waals surface area (Å²) in [7, 11) is 0. The van der Waals surface area contributed by atoms with E-state index in [4.69, 9.17) is 12.2 Å². The van der Waals surface area contributed by atoms with Gasteiger partial charge in [-0.15, -0.1) is 11.3 Å². The molecule has 1 aromatic carbocycles. The van der Waals surface area contributed by atoms with Crippen molar-refractivity contribution in [2.45, 2.75) is 44.4 Å². The fourth-order valence-corrected chi connectivity index (χ4v) is 4.21. The molecule has 1 heterocycles. The third kappa shape index (κ3) is 4.52. The Morgan fingerprint density at radius 3 is 2.52 bits per heavy atom. The van der Waals surface area contributed by atoms with Gasteiger partial charge in [0.2, 0.25) is 0 Å². The minimum Gasteiger partial charge on any atom is -0.341 e. The van der Waals surface area contributed by atoms with Crippen molar-refractivity contribution in [3.05, 3.63) is 52.2 Å².